The number of rotatable bonds is 3. The van der Waals surface area contributed by atoms with E-state index in [4.69, 9.17) is 12.2 Å². The number of aryl methyl sites for hydroxylation is 1. The van der Waals surface area contributed by atoms with E-state index in [0.29, 0.717) is 0 Å². The van der Waals surface area contributed by atoms with Crippen LogP contribution in [-0.4, -0.2) is 26.6 Å². The van der Waals surface area contributed by atoms with E-state index in [1.54, 1.807) is 0 Å². The lowest BCUT2D eigenvalue weighted by atomic mass is 10.0. The molecule has 1 aliphatic rings. The minimum absolute atomic E-state index is 0.0236. The lowest BCUT2D eigenvalue weighted by Crippen LogP contribution is -2.26. The molecule has 3 heterocycles. The largest absolute Gasteiger partial charge is 0.352 e. The molecule has 0 radical (unpaired) electrons. The van der Waals surface area contributed by atoms with Crippen LogP contribution < -0.4 is 5.32 Å². The van der Waals surface area contributed by atoms with Crippen molar-refractivity contribution in [1.29, 1.82) is 0 Å². The topological polar surface area (TPSA) is 33.1 Å². The van der Waals surface area contributed by atoms with Crippen LogP contribution in [0.3, 0.4) is 0 Å². The van der Waals surface area contributed by atoms with Crippen molar-refractivity contribution in [3.8, 4) is 5.69 Å². The number of thiocarbonyl (C=S) groups is 1. The number of likely N-dealkylation sites (N-methyl/N-ethyl adjacent to an activating group) is 1. The molecule has 2 atom stereocenters. The van der Waals surface area contributed by atoms with E-state index in [0.717, 1.165) is 16.5 Å². The predicted octanol–water partition coefficient (Wildman–Crippen LogP) is 3.78. The van der Waals surface area contributed by atoms with Crippen molar-refractivity contribution < 1.29 is 0 Å². The Morgan fingerprint density at radius 1 is 1.00 bits per heavy atom. The van der Waals surface area contributed by atoms with Crippen LogP contribution in [0.4, 0.5) is 0 Å². The first-order valence-corrected chi connectivity index (χ1v) is 8.75. The summed E-state index contributed by atoms with van der Waals surface area (Å²) in [7, 11) is 2.04. The summed E-state index contributed by atoms with van der Waals surface area (Å²) < 4.78 is 2.30. The van der Waals surface area contributed by atoms with Crippen molar-refractivity contribution in [2.75, 3.05) is 7.05 Å². The van der Waals surface area contributed by atoms with Gasteiger partial charge in [0.2, 0.25) is 0 Å². The van der Waals surface area contributed by atoms with Gasteiger partial charge in [0.25, 0.3) is 0 Å². The second kappa shape index (κ2) is 6.33. The molecule has 4 rings (SSSR count). The molecular weight excluding hydrogens is 328 g/mol. The van der Waals surface area contributed by atoms with Crippen LogP contribution in [0.1, 0.15) is 29.2 Å². The number of pyridine rings is 1. The average molecular weight is 348 g/mol. The summed E-state index contributed by atoms with van der Waals surface area (Å²) in [6.07, 6.45) is 1.83. The smallest absolute Gasteiger partial charge is 0.169 e. The lowest BCUT2D eigenvalue weighted by Gasteiger charge is -2.26. The summed E-state index contributed by atoms with van der Waals surface area (Å²) in [5.74, 6) is 0. The fourth-order valence-electron chi connectivity index (χ4n) is 3.55. The van der Waals surface area contributed by atoms with Gasteiger partial charge >= 0.3 is 0 Å². The van der Waals surface area contributed by atoms with Crippen LogP contribution in [0.2, 0.25) is 0 Å². The SMILES string of the molecule is Cc1ccc([C@H]2[C@H](c3ccccn3)NC(=S)N2C)n1-c1ccccc1. The summed E-state index contributed by atoms with van der Waals surface area (Å²) in [6, 6.07) is 20.9. The Morgan fingerprint density at radius 2 is 1.76 bits per heavy atom. The fraction of sp³-hybridized carbons (Fsp3) is 0.200. The van der Waals surface area contributed by atoms with Gasteiger partial charge in [0, 0.05) is 30.3 Å². The van der Waals surface area contributed by atoms with Gasteiger partial charge in [0.1, 0.15) is 0 Å². The van der Waals surface area contributed by atoms with Gasteiger partial charge in [-0.05, 0) is 55.5 Å². The van der Waals surface area contributed by atoms with Crippen molar-refractivity contribution in [3.63, 3.8) is 0 Å². The fourth-order valence-corrected chi connectivity index (χ4v) is 3.79. The molecule has 1 fully saturated rings. The molecule has 4 nitrogen and oxygen atoms in total. The Kier molecular flexibility index (Phi) is 4.01. The van der Waals surface area contributed by atoms with E-state index < -0.39 is 0 Å². The van der Waals surface area contributed by atoms with Gasteiger partial charge in [-0.1, -0.05) is 24.3 Å². The number of aromatic nitrogens is 2. The zero-order chi connectivity index (χ0) is 17.4. The van der Waals surface area contributed by atoms with Gasteiger partial charge in [-0.25, -0.2) is 0 Å². The highest BCUT2D eigenvalue weighted by molar-refractivity contribution is 7.80. The first-order valence-electron chi connectivity index (χ1n) is 8.35. The highest BCUT2D eigenvalue weighted by Gasteiger charge is 2.39. The molecule has 2 aromatic heterocycles. The van der Waals surface area contributed by atoms with Crippen molar-refractivity contribution in [3.05, 3.63) is 83.9 Å². The van der Waals surface area contributed by atoms with E-state index in [1.807, 2.05) is 31.4 Å². The van der Waals surface area contributed by atoms with Crippen LogP contribution in [0.25, 0.3) is 5.69 Å². The predicted molar refractivity (Wildman–Crippen MR) is 104 cm³/mol. The first kappa shape index (κ1) is 15.8. The molecule has 5 heteroatoms. The van der Waals surface area contributed by atoms with Crippen LogP contribution in [-0.2, 0) is 0 Å². The Morgan fingerprint density at radius 3 is 2.48 bits per heavy atom. The summed E-state index contributed by atoms with van der Waals surface area (Å²) in [5.41, 5.74) is 4.56. The van der Waals surface area contributed by atoms with E-state index in [1.165, 1.54) is 11.4 Å². The molecule has 0 unspecified atom stereocenters. The molecule has 25 heavy (non-hydrogen) atoms. The summed E-state index contributed by atoms with van der Waals surface area (Å²) in [4.78, 5) is 6.68. The maximum atomic E-state index is 5.54. The summed E-state index contributed by atoms with van der Waals surface area (Å²) in [6.45, 7) is 2.13. The molecule has 0 aliphatic carbocycles. The van der Waals surface area contributed by atoms with Gasteiger partial charge in [-0.2, -0.15) is 0 Å². The minimum Gasteiger partial charge on any atom is -0.352 e. The monoisotopic (exact) mass is 348 g/mol. The third-order valence-corrected chi connectivity index (χ3v) is 5.17. The second-order valence-corrected chi connectivity index (χ2v) is 6.69. The highest BCUT2D eigenvalue weighted by Crippen LogP contribution is 2.39. The summed E-state index contributed by atoms with van der Waals surface area (Å²) in [5, 5.41) is 4.19. The maximum Gasteiger partial charge on any atom is 0.169 e. The third-order valence-electron chi connectivity index (χ3n) is 4.76. The number of nitrogens with zero attached hydrogens (tertiary/aromatic N) is 3. The number of hydrogen-bond donors (Lipinski definition) is 1. The molecule has 126 valence electrons. The van der Waals surface area contributed by atoms with E-state index >= 15 is 0 Å². The third kappa shape index (κ3) is 2.70. The normalized spacial score (nSPS) is 19.9. The number of para-hydroxylation sites is 1. The Hall–Kier alpha value is -2.66. The number of benzene rings is 1. The van der Waals surface area contributed by atoms with Gasteiger partial charge in [0.05, 0.1) is 17.8 Å². The molecule has 1 aromatic carbocycles. The molecule has 1 saturated heterocycles. The molecule has 1 aliphatic heterocycles. The van der Waals surface area contributed by atoms with E-state index in [-0.39, 0.29) is 12.1 Å². The summed E-state index contributed by atoms with van der Waals surface area (Å²) >= 11 is 5.54. The average Bonchev–Trinajstić information content (AvgIpc) is 3.16. The van der Waals surface area contributed by atoms with Gasteiger partial charge in [-0.15, -0.1) is 0 Å². The van der Waals surface area contributed by atoms with Gasteiger partial charge < -0.3 is 14.8 Å². The Balaban J connectivity index is 1.84. The van der Waals surface area contributed by atoms with E-state index in [2.05, 4.69) is 69.2 Å². The molecule has 1 N–H and O–H groups in total. The van der Waals surface area contributed by atoms with Crippen molar-refractivity contribution in [1.82, 2.24) is 19.8 Å². The Labute approximate surface area is 153 Å². The molecule has 0 amide bonds. The van der Waals surface area contributed by atoms with Crippen molar-refractivity contribution >= 4 is 17.3 Å². The zero-order valence-corrected chi connectivity index (χ0v) is 15.1. The Bertz CT molecular complexity index is 889. The van der Waals surface area contributed by atoms with Crippen LogP contribution in [0, 0.1) is 6.92 Å². The number of nitrogens with one attached hydrogen (secondary N) is 1. The van der Waals surface area contributed by atoms with Crippen LogP contribution in [0.5, 0.6) is 0 Å². The van der Waals surface area contributed by atoms with Crippen LogP contribution in [0.15, 0.2) is 66.9 Å². The first-order chi connectivity index (χ1) is 12.2. The standard InChI is InChI=1S/C20H20N4S/c1-14-11-12-17(24(14)15-8-4-3-5-9-15)19-18(22-20(25)23(19)2)16-10-6-7-13-21-16/h3-13,18-19H,1-2H3,(H,22,25)/t18-,19-/m0/s1. The maximum absolute atomic E-state index is 5.54. The number of hydrogen-bond acceptors (Lipinski definition) is 2. The van der Waals surface area contributed by atoms with Crippen molar-refractivity contribution in [2.45, 2.75) is 19.0 Å². The van der Waals surface area contributed by atoms with Gasteiger partial charge in [0.15, 0.2) is 5.11 Å². The van der Waals surface area contributed by atoms with Gasteiger partial charge in [-0.3, -0.25) is 4.98 Å². The minimum atomic E-state index is 0.0236. The lowest BCUT2D eigenvalue weighted by molar-refractivity contribution is 0.356. The molecule has 0 spiro atoms. The highest BCUT2D eigenvalue weighted by atomic mass is 32.1. The van der Waals surface area contributed by atoms with Crippen molar-refractivity contribution in [2.24, 2.45) is 0 Å². The molecule has 3 aromatic rings. The van der Waals surface area contributed by atoms with Crippen LogP contribution >= 0.6 is 12.2 Å². The van der Waals surface area contributed by atoms with E-state index in [9.17, 15) is 0 Å². The zero-order valence-electron chi connectivity index (χ0n) is 14.3. The molecule has 0 saturated carbocycles. The molecular formula is C20H20N4S. The quantitative estimate of drug-likeness (QED) is 0.730. The molecule has 0 bridgehead atoms. The second-order valence-electron chi connectivity index (χ2n) is 6.31.